The van der Waals surface area contributed by atoms with Gasteiger partial charge < -0.3 is 14.6 Å². The van der Waals surface area contributed by atoms with Crippen LogP contribution in [0.2, 0.25) is 0 Å². The van der Waals surface area contributed by atoms with E-state index in [2.05, 4.69) is 65.6 Å². The zero-order valence-electron chi connectivity index (χ0n) is 18.1. The third kappa shape index (κ3) is 4.73. The van der Waals surface area contributed by atoms with Crippen LogP contribution in [0.15, 0.2) is 75.7 Å². The maximum atomic E-state index is 12.7. The molecule has 2 heterocycles. The molecule has 7 heteroatoms. The number of carbonyl (C=O) groups is 1. The number of β-amino-alcohol motifs (C(OH)–C–C–N with tert-alkyl or cyclic N) is 1. The molecule has 0 spiro atoms. The summed E-state index contributed by atoms with van der Waals surface area (Å²) in [7, 11) is 0. The van der Waals surface area contributed by atoms with E-state index in [1.54, 1.807) is 0 Å². The normalized spacial score (nSPS) is 15.9. The van der Waals surface area contributed by atoms with Gasteiger partial charge in [0.1, 0.15) is 0 Å². The smallest absolute Gasteiger partial charge is 0.253 e. The van der Waals surface area contributed by atoms with Crippen LogP contribution in [0.25, 0.3) is 21.8 Å². The van der Waals surface area contributed by atoms with Gasteiger partial charge in [0.15, 0.2) is 0 Å². The molecule has 5 rings (SSSR count). The van der Waals surface area contributed by atoms with Crippen molar-refractivity contribution >= 4 is 59.6 Å². The van der Waals surface area contributed by atoms with Gasteiger partial charge in [-0.15, -0.1) is 0 Å². The molecule has 1 aliphatic rings. The Balaban J connectivity index is 1.27. The number of rotatable bonds is 5. The standard InChI is InChI=1S/C26H25Br2N3O2/c27-19-6-8-24-22(14-19)23-15-20(28)7-9-25(23)31(24)17-21(32)16-29-10-12-30(13-11-29)26(33)18-4-2-1-3-5-18/h1-9,14-15,21,32H,10-13,16-17H2. The van der Waals surface area contributed by atoms with Gasteiger partial charge in [-0.2, -0.15) is 0 Å². The molecule has 5 nitrogen and oxygen atoms in total. The summed E-state index contributed by atoms with van der Waals surface area (Å²) in [6.07, 6.45) is -0.507. The largest absolute Gasteiger partial charge is 0.390 e. The number of aliphatic hydroxyl groups excluding tert-OH is 1. The van der Waals surface area contributed by atoms with E-state index in [-0.39, 0.29) is 5.91 Å². The van der Waals surface area contributed by atoms with Crippen molar-refractivity contribution < 1.29 is 9.90 Å². The molecular formula is C26H25Br2N3O2. The molecule has 1 aliphatic heterocycles. The van der Waals surface area contributed by atoms with E-state index >= 15 is 0 Å². The first-order valence-corrected chi connectivity index (χ1v) is 12.7. The van der Waals surface area contributed by atoms with Crippen LogP contribution in [-0.4, -0.2) is 64.2 Å². The highest BCUT2D eigenvalue weighted by Gasteiger charge is 2.24. The van der Waals surface area contributed by atoms with Crippen LogP contribution in [0.3, 0.4) is 0 Å². The number of hydrogen-bond donors (Lipinski definition) is 1. The van der Waals surface area contributed by atoms with Crippen molar-refractivity contribution in [2.45, 2.75) is 12.6 Å². The summed E-state index contributed by atoms with van der Waals surface area (Å²) in [6, 6.07) is 22.0. The minimum Gasteiger partial charge on any atom is -0.390 e. The Morgan fingerprint density at radius 2 is 1.39 bits per heavy atom. The summed E-state index contributed by atoms with van der Waals surface area (Å²) in [4.78, 5) is 16.8. The Morgan fingerprint density at radius 1 is 0.818 bits per heavy atom. The molecule has 3 aromatic carbocycles. The van der Waals surface area contributed by atoms with Crippen molar-refractivity contribution in [2.75, 3.05) is 32.7 Å². The molecule has 1 atom stereocenters. The van der Waals surface area contributed by atoms with Crippen LogP contribution >= 0.6 is 31.9 Å². The first-order chi connectivity index (χ1) is 16.0. The van der Waals surface area contributed by atoms with Crippen molar-refractivity contribution in [3.63, 3.8) is 0 Å². The lowest BCUT2D eigenvalue weighted by Crippen LogP contribution is -2.50. The molecule has 1 N–H and O–H groups in total. The van der Waals surface area contributed by atoms with Crippen molar-refractivity contribution in [1.29, 1.82) is 0 Å². The highest BCUT2D eigenvalue weighted by Crippen LogP contribution is 2.33. The van der Waals surface area contributed by atoms with Crippen molar-refractivity contribution in [1.82, 2.24) is 14.4 Å². The van der Waals surface area contributed by atoms with Gasteiger partial charge in [0.05, 0.1) is 12.6 Å². The van der Waals surface area contributed by atoms with Gasteiger partial charge in [0.25, 0.3) is 5.91 Å². The minimum atomic E-state index is -0.507. The fraction of sp³-hybridized carbons (Fsp3) is 0.269. The first-order valence-electron chi connectivity index (χ1n) is 11.1. The minimum absolute atomic E-state index is 0.0819. The lowest BCUT2D eigenvalue weighted by atomic mass is 10.2. The number of hydrogen-bond acceptors (Lipinski definition) is 3. The summed E-state index contributed by atoms with van der Waals surface area (Å²) in [5.41, 5.74) is 2.96. The topological polar surface area (TPSA) is 48.7 Å². The lowest BCUT2D eigenvalue weighted by molar-refractivity contribution is 0.0503. The van der Waals surface area contributed by atoms with Gasteiger partial charge in [0, 0.05) is 69.0 Å². The zero-order valence-corrected chi connectivity index (χ0v) is 21.3. The SMILES string of the molecule is O=C(c1ccccc1)N1CCN(CC(O)Cn2c3ccc(Br)cc3c3cc(Br)ccc32)CC1. The highest BCUT2D eigenvalue weighted by molar-refractivity contribution is 9.10. The van der Waals surface area contributed by atoms with Gasteiger partial charge in [-0.05, 0) is 48.5 Å². The van der Waals surface area contributed by atoms with E-state index in [1.807, 2.05) is 47.4 Å². The van der Waals surface area contributed by atoms with Crippen molar-refractivity contribution in [2.24, 2.45) is 0 Å². The van der Waals surface area contributed by atoms with Gasteiger partial charge >= 0.3 is 0 Å². The number of benzene rings is 3. The van der Waals surface area contributed by atoms with Crippen LogP contribution in [0, 0.1) is 0 Å². The number of nitrogens with zero attached hydrogens (tertiary/aromatic N) is 3. The third-order valence-corrected chi connectivity index (χ3v) is 7.32. The molecule has 1 aromatic heterocycles. The molecule has 0 saturated carbocycles. The predicted molar refractivity (Wildman–Crippen MR) is 140 cm³/mol. The Hall–Kier alpha value is -2.19. The van der Waals surface area contributed by atoms with Crippen LogP contribution in [0.4, 0.5) is 0 Å². The summed E-state index contributed by atoms with van der Waals surface area (Å²) < 4.78 is 4.29. The van der Waals surface area contributed by atoms with E-state index in [9.17, 15) is 9.90 Å². The molecule has 1 unspecified atom stereocenters. The van der Waals surface area contributed by atoms with E-state index in [0.29, 0.717) is 26.2 Å². The fourth-order valence-electron chi connectivity index (χ4n) is 4.71. The highest BCUT2D eigenvalue weighted by atomic mass is 79.9. The maximum Gasteiger partial charge on any atom is 0.253 e. The second kappa shape index (κ2) is 9.58. The van der Waals surface area contributed by atoms with Crippen LogP contribution < -0.4 is 0 Å². The number of carbonyl (C=O) groups excluding carboxylic acids is 1. The Kier molecular flexibility index (Phi) is 6.56. The average Bonchev–Trinajstić information content (AvgIpc) is 3.11. The van der Waals surface area contributed by atoms with E-state index < -0.39 is 6.10 Å². The molecule has 170 valence electrons. The van der Waals surface area contributed by atoms with Gasteiger partial charge in [0.2, 0.25) is 0 Å². The second-order valence-electron chi connectivity index (χ2n) is 8.55. The van der Waals surface area contributed by atoms with Crippen molar-refractivity contribution in [3.05, 3.63) is 81.2 Å². The fourth-order valence-corrected chi connectivity index (χ4v) is 5.43. The number of amides is 1. The monoisotopic (exact) mass is 569 g/mol. The molecule has 4 aromatic rings. The van der Waals surface area contributed by atoms with Gasteiger partial charge in [-0.3, -0.25) is 9.69 Å². The molecule has 1 amide bonds. The number of halogens is 2. The summed E-state index contributed by atoms with van der Waals surface area (Å²) in [5, 5.41) is 13.3. The molecule has 0 bridgehead atoms. The first kappa shape index (κ1) is 22.6. The summed E-state index contributed by atoms with van der Waals surface area (Å²) >= 11 is 7.17. The number of aromatic nitrogens is 1. The molecular weight excluding hydrogens is 546 g/mol. The Morgan fingerprint density at radius 3 is 1.97 bits per heavy atom. The Bertz CT molecular complexity index is 1240. The lowest BCUT2D eigenvalue weighted by Gasteiger charge is -2.35. The maximum absolute atomic E-state index is 12.7. The summed E-state index contributed by atoms with van der Waals surface area (Å²) in [6.45, 7) is 4.00. The van der Waals surface area contributed by atoms with E-state index in [0.717, 1.165) is 38.6 Å². The molecule has 0 radical (unpaired) electrons. The molecule has 0 aliphatic carbocycles. The van der Waals surface area contributed by atoms with E-state index in [4.69, 9.17) is 0 Å². The quantitative estimate of drug-likeness (QED) is 0.361. The summed E-state index contributed by atoms with van der Waals surface area (Å²) in [5.74, 6) is 0.0819. The molecule has 1 fully saturated rings. The Labute approximate surface area is 209 Å². The van der Waals surface area contributed by atoms with Crippen molar-refractivity contribution in [3.8, 4) is 0 Å². The van der Waals surface area contributed by atoms with Crippen LogP contribution in [0.1, 0.15) is 10.4 Å². The van der Waals surface area contributed by atoms with Crippen LogP contribution in [0.5, 0.6) is 0 Å². The third-order valence-electron chi connectivity index (χ3n) is 6.33. The van der Waals surface area contributed by atoms with Gasteiger partial charge in [-0.1, -0.05) is 50.1 Å². The number of aliphatic hydroxyl groups is 1. The molecule has 33 heavy (non-hydrogen) atoms. The number of fused-ring (bicyclic) bond motifs is 3. The van der Waals surface area contributed by atoms with E-state index in [1.165, 1.54) is 10.8 Å². The zero-order chi connectivity index (χ0) is 22.9. The predicted octanol–water partition coefficient (Wildman–Crippen LogP) is 5.14. The average molecular weight is 571 g/mol. The van der Waals surface area contributed by atoms with Crippen LogP contribution in [-0.2, 0) is 6.54 Å². The second-order valence-corrected chi connectivity index (χ2v) is 10.4. The molecule has 1 saturated heterocycles. The van der Waals surface area contributed by atoms with Gasteiger partial charge in [-0.25, -0.2) is 0 Å². The number of piperazine rings is 1.